The molecule has 0 bridgehead atoms. The van der Waals surface area contributed by atoms with Crippen LogP contribution in [0.25, 0.3) is 11.3 Å². The van der Waals surface area contributed by atoms with Gasteiger partial charge >= 0.3 is 5.97 Å². The van der Waals surface area contributed by atoms with Gasteiger partial charge in [-0.1, -0.05) is 30.7 Å². The smallest absolute Gasteiger partial charge is 0.379 e. The molecule has 4 aromatic rings. The van der Waals surface area contributed by atoms with Crippen LogP contribution in [0.15, 0.2) is 54.2 Å². The molecule has 12 heteroatoms. The number of carbonyl (C=O) groups excluding carboxylic acids is 1. The lowest BCUT2D eigenvalue weighted by Gasteiger charge is -2.33. The Bertz CT molecular complexity index is 1470. The number of thiazole rings is 1. The molecule has 0 spiro atoms. The molecule has 4 rings (SSSR count). The third kappa shape index (κ3) is 5.67. The number of benzene rings is 2. The number of esters is 1. The Hall–Kier alpha value is -3.72. The molecule has 0 saturated heterocycles. The van der Waals surface area contributed by atoms with E-state index in [0.717, 1.165) is 28.4 Å². The molecular formula is C25H20ClF2N5O3S. The van der Waals surface area contributed by atoms with Gasteiger partial charge in [-0.3, -0.25) is 0 Å². The molecule has 190 valence electrons. The summed E-state index contributed by atoms with van der Waals surface area (Å²) in [5, 5.41) is 27.2. The van der Waals surface area contributed by atoms with E-state index >= 15 is 0 Å². The van der Waals surface area contributed by atoms with E-state index in [2.05, 4.69) is 21.1 Å². The Morgan fingerprint density at radius 3 is 2.68 bits per heavy atom. The first-order valence-electron chi connectivity index (χ1n) is 11.0. The second kappa shape index (κ2) is 10.7. The molecule has 0 aliphatic rings. The molecule has 1 unspecified atom stereocenters. The number of ether oxygens (including phenoxy) is 1. The number of nitriles is 1. The minimum absolute atomic E-state index is 0.302. The molecule has 0 aliphatic carbocycles. The fourth-order valence-corrected chi connectivity index (χ4v) is 4.79. The molecule has 2 aromatic carbocycles. The van der Waals surface area contributed by atoms with Crippen molar-refractivity contribution in [2.24, 2.45) is 0 Å². The van der Waals surface area contributed by atoms with Crippen LogP contribution in [0.2, 0.25) is 0 Å². The zero-order valence-corrected chi connectivity index (χ0v) is 21.2. The zero-order valence-electron chi connectivity index (χ0n) is 19.6. The van der Waals surface area contributed by atoms with E-state index in [1.54, 1.807) is 36.6 Å². The fraction of sp³-hybridized carbons (Fsp3) is 0.240. The lowest BCUT2D eigenvalue weighted by molar-refractivity contribution is -0.0116. The maximum Gasteiger partial charge on any atom is 0.379 e. The van der Waals surface area contributed by atoms with Crippen molar-refractivity contribution in [3.63, 3.8) is 0 Å². The van der Waals surface area contributed by atoms with Crippen LogP contribution in [-0.2, 0) is 16.9 Å². The monoisotopic (exact) mass is 543 g/mol. The summed E-state index contributed by atoms with van der Waals surface area (Å²) >= 11 is 6.91. The van der Waals surface area contributed by atoms with E-state index < -0.39 is 34.7 Å². The van der Waals surface area contributed by atoms with Crippen molar-refractivity contribution in [3.8, 4) is 17.3 Å². The zero-order chi connectivity index (χ0) is 26.7. The van der Waals surface area contributed by atoms with Crippen LogP contribution >= 0.6 is 22.9 Å². The Balaban J connectivity index is 1.71. The Morgan fingerprint density at radius 1 is 1.27 bits per heavy atom. The number of hydrogen-bond donors (Lipinski definition) is 1. The van der Waals surface area contributed by atoms with E-state index in [4.69, 9.17) is 21.6 Å². The molecule has 3 atom stereocenters. The normalized spacial score (nSPS) is 14.4. The minimum Gasteiger partial charge on any atom is -0.440 e. The van der Waals surface area contributed by atoms with E-state index in [1.165, 1.54) is 24.6 Å². The highest BCUT2D eigenvalue weighted by Gasteiger charge is 2.42. The summed E-state index contributed by atoms with van der Waals surface area (Å²) in [6.45, 7) is 2.70. The largest absolute Gasteiger partial charge is 0.440 e. The van der Waals surface area contributed by atoms with Crippen molar-refractivity contribution in [1.82, 2.24) is 19.7 Å². The molecule has 8 nitrogen and oxygen atoms in total. The Labute approximate surface area is 219 Å². The highest BCUT2D eigenvalue weighted by Crippen LogP contribution is 2.41. The molecular weight excluding hydrogens is 524 g/mol. The summed E-state index contributed by atoms with van der Waals surface area (Å²) in [6, 6.07) is 11.7. The number of carbonyl (C=O) groups is 1. The molecule has 0 saturated carbocycles. The van der Waals surface area contributed by atoms with Crippen molar-refractivity contribution in [2.45, 2.75) is 37.5 Å². The topological polar surface area (TPSA) is 114 Å². The number of aromatic nitrogens is 4. The number of alkyl halides is 1. The number of hydrogen-bond acceptors (Lipinski definition) is 8. The third-order valence-electron chi connectivity index (χ3n) is 5.70. The Morgan fingerprint density at radius 2 is 2.00 bits per heavy atom. The van der Waals surface area contributed by atoms with Gasteiger partial charge in [0.2, 0.25) is 0 Å². The van der Waals surface area contributed by atoms with E-state index in [1.807, 2.05) is 0 Å². The van der Waals surface area contributed by atoms with Gasteiger partial charge in [-0.25, -0.2) is 28.2 Å². The van der Waals surface area contributed by atoms with Crippen molar-refractivity contribution in [1.29, 1.82) is 5.26 Å². The van der Waals surface area contributed by atoms with E-state index in [-0.39, 0.29) is 17.9 Å². The Kier molecular flexibility index (Phi) is 7.63. The van der Waals surface area contributed by atoms with Crippen LogP contribution < -0.4 is 0 Å². The first-order chi connectivity index (χ1) is 17.6. The van der Waals surface area contributed by atoms with Crippen molar-refractivity contribution < 1.29 is 23.4 Å². The van der Waals surface area contributed by atoms with Gasteiger partial charge in [0.25, 0.3) is 5.82 Å². The molecule has 0 amide bonds. The summed E-state index contributed by atoms with van der Waals surface area (Å²) in [7, 11) is 0. The van der Waals surface area contributed by atoms with Crippen LogP contribution in [-0.4, -0.2) is 36.4 Å². The quantitative estimate of drug-likeness (QED) is 0.246. The van der Waals surface area contributed by atoms with Gasteiger partial charge in [-0.05, 0) is 37.3 Å². The van der Waals surface area contributed by atoms with Gasteiger partial charge in [-0.15, -0.1) is 16.4 Å². The molecule has 0 radical (unpaired) electrons. The third-order valence-corrected chi connectivity index (χ3v) is 6.82. The predicted molar refractivity (Wildman–Crippen MR) is 132 cm³/mol. The number of halogens is 3. The van der Waals surface area contributed by atoms with Gasteiger partial charge in [0, 0.05) is 22.4 Å². The molecule has 2 aromatic heterocycles. The standard InChI is InChI=1S/C25H20ClF2N5O3S/c1-14(23-31-21(11-37-23)17-5-3-16(10-29)4-6-17)25(35,19-9-18(27)7-8-20(19)28)12-33-13-30-22(32-33)24(34)36-15(2)26/h3-9,11,13-15,35H,12H2,1-2H3/t14-,15?,25+/m0/s1. The second-order valence-electron chi connectivity index (χ2n) is 8.24. The van der Waals surface area contributed by atoms with Crippen LogP contribution in [0, 0.1) is 23.0 Å². The fourth-order valence-electron chi connectivity index (χ4n) is 3.74. The molecule has 2 heterocycles. The van der Waals surface area contributed by atoms with Crippen molar-refractivity contribution >= 4 is 28.9 Å². The van der Waals surface area contributed by atoms with Gasteiger partial charge in [0.15, 0.2) is 5.56 Å². The summed E-state index contributed by atoms with van der Waals surface area (Å²) in [6.07, 6.45) is 1.18. The highest BCUT2D eigenvalue weighted by molar-refractivity contribution is 7.10. The van der Waals surface area contributed by atoms with Gasteiger partial charge in [0.1, 0.15) is 23.6 Å². The van der Waals surface area contributed by atoms with Gasteiger partial charge < -0.3 is 9.84 Å². The lowest BCUT2D eigenvalue weighted by atomic mass is 9.82. The van der Waals surface area contributed by atoms with Crippen LogP contribution in [0.1, 0.15) is 46.5 Å². The second-order valence-corrected chi connectivity index (χ2v) is 9.75. The molecule has 0 fully saturated rings. The molecule has 0 aliphatic heterocycles. The predicted octanol–water partition coefficient (Wildman–Crippen LogP) is 4.98. The maximum absolute atomic E-state index is 15.0. The summed E-state index contributed by atoms with van der Waals surface area (Å²) < 4.78 is 35.1. The average Bonchev–Trinajstić information content (AvgIpc) is 3.55. The van der Waals surface area contributed by atoms with Crippen molar-refractivity contribution in [3.05, 3.63) is 87.8 Å². The minimum atomic E-state index is -2.04. The van der Waals surface area contributed by atoms with Gasteiger partial charge in [0.05, 0.1) is 28.9 Å². The summed E-state index contributed by atoms with van der Waals surface area (Å²) in [5.74, 6) is -3.58. The number of aliphatic hydroxyl groups is 1. The van der Waals surface area contributed by atoms with Gasteiger partial charge in [-0.2, -0.15) is 5.26 Å². The van der Waals surface area contributed by atoms with E-state index in [9.17, 15) is 18.7 Å². The first kappa shape index (κ1) is 26.3. The summed E-state index contributed by atoms with van der Waals surface area (Å²) in [5.41, 5.74) is -1.40. The van der Waals surface area contributed by atoms with E-state index in [0.29, 0.717) is 16.3 Å². The van der Waals surface area contributed by atoms with Crippen LogP contribution in [0.5, 0.6) is 0 Å². The molecule has 37 heavy (non-hydrogen) atoms. The summed E-state index contributed by atoms with van der Waals surface area (Å²) in [4.78, 5) is 20.6. The molecule has 1 N–H and O–H groups in total. The van der Waals surface area contributed by atoms with Crippen molar-refractivity contribution in [2.75, 3.05) is 0 Å². The lowest BCUT2D eigenvalue weighted by Crippen LogP contribution is -2.38. The maximum atomic E-state index is 15.0. The number of nitrogens with zero attached hydrogens (tertiary/aromatic N) is 5. The van der Waals surface area contributed by atoms with Crippen LogP contribution in [0.4, 0.5) is 8.78 Å². The highest BCUT2D eigenvalue weighted by atomic mass is 35.5. The first-order valence-corrected chi connectivity index (χ1v) is 12.3. The SMILES string of the molecule is CC(Cl)OC(=O)c1ncn(C[C@](O)(c2cc(F)ccc2F)[C@@H](C)c2nc(-c3ccc(C#N)cc3)cs2)n1. The van der Waals surface area contributed by atoms with Crippen LogP contribution in [0.3, 0.4) is 0 Å². The number of rotatable bonds is 8. The average molecular weight is 544 g/mol.